The molecule has 2 rings (SSSR count). The summed E-state index contributed by atoms with van der Waals surface area (Å²) in [7, 11) is 0. The Morgan fingerprint density at radius 2 is 1.89 bits per heavy atom. The Balaban J connectivity index is 0.00000364. The van der Waals surface area contributed by atoms with E-state index in [9.17, 15) is 9.90 Å². The summed E-state index contributed by atoms with van der Waals surface area (Å²) in [5.74, 6) is 0.784. The second-order valence-corrected chi connectivity index (χ2v) is 6.37. The Morgan fingerprint density at radius 1 is 1.19 bits per heavy atom. The van der Waals surface area contributed by atoms with Crippen LogP contribution in [0, 0.1) is 0 Å². The third kappa shape index (κ3) is 7.92. The number of nitrogens with one attached hydrogen (secondary N) is 3. The molecule has 1 aliphatic heterocycles. The number of hydrogen-bond donors (Lipinski definition) is 4. The molecule has 1 aromatic carbocycles. The number of aliphatic imine (C=N–C) groups is 1. The lowest BCUT2D eigenvalue weighted by molar-refractivity contribution is 0.0954. The van der Waals surface area contributed by atoms with Gasteiger partial charge in [0.1, 0.15) is 5.75 Å². The highest BCUT2D eigenvalue weighted by Crippen LogP contribution is 2.16. The van der Waals surface area contributed by atoms with Crippen molar-refractivity contribution in [3.05, 3.63) is 29.8 Å². The van der Waals surface area contributed by atoms with Crippen LogP contribution in [0.3, 0.4) is 0 Å². The van der Waals surface area contributed by atoms with Crippen molar-refractivity contribution in [3.8, 4) is 5.75 Å². The number of carbonyl (C=O) groups excluding carboxylic acids is 1. The quantitative estimate of drug-likeness (QED) is 0.194. The van der Waals surface area contributed by atoms with Crippen LogP contribution >= 0.6 is 24.0 Å². The Kier molecular flexibility index (Phi) is 11.1. The first-order chi connectivity index (χ1) is 12.6. The Hall–Kier alpha value is -1.55. The highest BCUT2D eigenvalue weighted by molar-refractivity contribution is 14.0. The third-order valence-corrected chi connectivity index (χ3v) is 4.54. The number of amides is 1. The molecule has 0 saturated carbocycles. The van der Waals surface area contributed by atoms with Crippen molar-refractivity contribution in [2.75, 3.05) is 39.3 Å². The zero-order valence-electron chi connectivity index (χ0n) is 16.2. The predicted molar refractivity (Wildman–Crippen MR) is 120 cm³/mol. The number of carbonyl (C=O) groups is 1. The molecule has 0 aromatic heterocycles. The zero-order valence-corrected chi connectivity index (χ0v) is 18.5. The molecule has 1 aliphatic rings. The van der Waals surface area contributed by atoms with Crippen molar-refractivity contribution < 1.29 is 9.90 Å². The second-order valence-electron chi connectivity index (χ2n) is 6.37. The van der Waals surface area contributed by atoms with E-state index in [-0.39, 0.29) is 35.6 Å². The first-order valence-corrected chi connectivity index (χ1v) is 9.47. The van der Waals surface area contributed by atoms with Crippen molar-refractivity contribution in [2.24, 2.45) is 4.99 Å². The summed E-state index contributed by atoms with van der Waals surface area (Å²) in [4.78, 5) is 19.2. The minimum absolute atomic E-state index is 0. The molecule has 0 radical (unpaired) electrons. The maximum absolute atomic E-state index is 12.0. The van der Waals surface area contributed by atoms with Gasteiger partial charge >= 0.3 is 0 Å². The molecule has 152 valence electrons. The van der Waals surface area contributed by atoms with Crippen molar-refractivity contribution >= 4 is 35.8 Å². The SMILES string of the molecule is CCNC(=NCC1CCCN1CC)NCCNC(=O)c1ccc(O)cc1.I. The molecule has 1 unspecified atom stereocenters. The van der Waals surface area contributed by atoms with Crippen LogP contribution < -0.4 is 16.0 Å². The lowest BCUT2D eigenvalue weighted by atomic mass is 10.2. The molecule has 1 atom stereocenters. The van der Waals surface area contributed by atoms with Crippen LogP contribution in [0.1, 0.15) is 37.0 Å². The number of hydrogen-bond acceptors (Lipinski definition) is 4. The number of halogens is 1. The topological polar surface area (TPSA) is 89.0 Å². The van der Waals surface area contributed by atoms with E-state index in [1.165, 1.54) is 31.5 Å². The Labute approximate surface area is 179 Å². The summed E-state index contributed by atoms with van der Waals surface area (Å²) in [5.41, 5.74) is 0.532. The van der Waals surface area contributed by atoms with Crippen LogP contribution in [0.15, 0.2) is 29.3 Å². The molecular formula is C19H32IN5O2. The molecule has 1 fully saturated rings. The number of guanidine groups is 1. The van der Waals surface area contributed by atoms with Gasteiger partial charge in [0.25, 0.3) is 5.91 Å². The van der Waals surface area contributed by atoms with Gasteiger partial charge in [-0.05, 0) is 57.1 Å². The molecule has 4 N–H and O–H groups in total. The van der Waals surface area contributed by atoms with Gasteiger partial charge in [0.05, 0.1) is 6.54 Å². The van der Waals surface area contributed by atoms with E-state index in [0.717, 1.165) is 25.6 Å². The number of likely N-dealkylation sites (tertiary alicyclic amines) is 1. The van der Waals surface area contributed by atoms with E-state index in [4.69, 9.17) is 4.99 Å². The van der Waals surface area contributed by atoms with Crippen LogP contribution in [-0.4, -0.2) is 67.2 Å². The third-order valence-electron chi connectivity index (χ3n) is 4.54. The fraction of sp³-hybridized carbons (Fsp3) is 0.579. The Morgan fingerprint density at radius 3 is 2.56 bits per heavy atom. The van der Waals surface area contributed by atoms with E-state index in [0.29, 0.717) is 24.7 Å². The summed E-state index contributed by atoms with van der Waals surface area (Å²) >= 11 is 0. The van der Waals surface area contributed by atoms with Crippen LogP contribution in [0.4, 0.5) is 0 Å². The van der Waals surface area contributed by atoms with Gasteiger partial charge in [-0.2, -0.15) is 0 Å². The minimum Gasteiger partial charge on any atom is -0.508 e. The summed E-state index contributed by atoms with van der Waals surface area (Å²) in [5, 5.41) is 18.6. The lowest BCUT2D eigenvalue weighted by Gasteiger charge is -2.21. The van der Waals surface area contributed by atoms with Gasteiger partial charge in [-0.3, -0.25) is 14.7 Å². The largest absolute Gasteiger partial charge is 0.508 e. The van der Waals surface area contributed by atoms with Gasteiger partial charge in [0.15, 0.2) is 5.96 Å². The van der Waals surface area contributed by atoms with E-state index in [1.54, 1.807) is 12.1 Å². The van der Waals surface area contributed by atoms with Gasteiger partial charge in [-0.25, -0.2) is 0 Å². The summed E-state index contributed by atoms with van der Waals surface area (Å²) in [6.45, 7) is 9.17. The zero-order chi connectivity index (χ0) is 18.8. The number of phenols is 1. The number of benzene rings is 1. The number of likely N-dealkylation sites (N-methyl/N-ethyl adjacent to an activating group) is 1. The van der Waals surface area contributed by atoms with Crippen LogP contribution in [0.25, 0.3) is 0 Å². The van der Waals surface area contributed by atoms with Crippen LogP contribution in [0.5, 0.6) is 5.75 Å². The fourth-order valence-corrected chi connectivity index (χ4v) is 3.13. The Bertz CT molecular complexity index is 594. The molecule has 0 spiro atoms. The first kappa shape index (κ1) is 23.5. The van der Waals surface area contributed by atoms with Gasteiger partial charge < -0.3 is 21.1 Å². The van der Waals surface area contributed by atoms with E-state index < -0.39 is 0 Å². The maximum atomic E-state index is 12.0. The van der Waals surface area contributed by atoms with Crippen molar-refractivity contribution in [3.63, 3.8) is 0 Å². The predicted octanol–water partition coefficient (Wildman–Crippen LogP) is 1.78. The highest BCUT2D eigenvalue weighted by Gasteiger charge is 2.22. The molecule has 8 heteroatoms. The molecule has 1 heterocycles. The molecule has 0 aliphatic carbocycles. The molecule has 7 nitrogen and oxygen atoms in total. The van der Waals surface area contributed by atoms with Crippen molar-refractivity contribution in [1.29, 1.82) is 0 Å². The molecule has 0 bridgehead atoms. The number of aromatic hydroxyl groups is 1. The number of nitrogens with zero attached hydrogens (tertiary/aromatic N) is 2. The van der Waals surface area contributed by atoms with Crippen LogP contribution in [-0.2, 0) is 0 Å². The number of rotatable bonds is 8. The molecule has 27 heavy (non-hydrogen) atoms. The first-order valence-electron chi connectivity index (χ1n) is 9.47. The molecule has 1 amide bonds. The smallest absolute Gasteiger partial charge is 0.251 e. The highest BCUT2D eigenvalue weighted by atomic mass is 127. The van der Waals surface area contributed by atoms with Crippen molar-refractivity contribution in [1.82, 2.24) is 20.9 Å². The van der Waals surface area contributed by atoms with Gasteiger partial charge in [0.2, 0.25) is 0 Å². The summed E-state index contributed by atoms with van der Waals surface area (Å²) < 4.78 is 0. The van der Waals surface area contributed by atoms with Crippen LogP contribution in [0.2, 0.25) is 0 Å². The fourth-order valence-electron chi connectivity index (χ4n) is 3.13. The molecule has 1 aromatic rings. The lowest BCUT2D eigenvalue weighted by Crippen LogP contribution is -2.42. The number of phenolic OH excluding ortho intramolecular Hbond substituents is 1. The maximum Gasteiger partial charge on any atom is 0.251 e. The van der Waals surface area contributed by atoms with E-state index >= 15 is 0 Å². The average molecular weight is 489 g/mol. The van der Waals surface area contributed by atoms with Crippen molar-refractivity contribution in [2.45, 2.75) is 32.7 Å². The average Bonchev–Trinajstić information content (AvgIpc) is 3.11. The van der Waals surface area contributed by atoms with Gasteiger partial charge in [0, 0.05) is 31.2 Å². The monoisotopic (exact) mass is 489 g/mol. The van der Waals surface area contributed by atoms with E-state index in [2.05, 4.69) is 27.8 Å². The van der Waals surface area contributed by atoms with E-state index in [1.807, 2.05) is 6.92 Å². The summed E-state index contributed by atoms with van der Waals surface area (Å²) in [6, 6.07) is 6.75. The van der Waals surface area contributed by atoms with Gasteiger partial charge in [-0.1, -0.05) is 6.92 Å². The summed E-state index contributed by atoms with van der Waals surface area (Å²) in [6.07, 6.45) is 2.46. The standard InChI is InChI=1S/C19H31N5O2.HI/c1-3-20-19(23-14-16-6-5-13-24(16)4-2)22-12-11-21-18(26)15-7-9-17(25)10-8-15;/h7-10,16,25H,3-6,11-14H2,1-2H3,(H,21,26)(H2,20,22,23);1H. The van der Waals surface area contributed by atoms with Gasteiger partial charge in [-0.15, -0.1) is 24.0 Å². The minimum atomic E-state index is -0.154. The molecule has 1 saturated heterocycles. The normalized spacial score (nSPS) is 17.3. The second kappa shape index (κ2) is 12.8. The molecular weight excluding hydrogens is 457 g/mol.